The summed E-state index contributed by atoms with van der Waals surface area (Å²) in [5.41, 5.74) is 3.44. The van der Waals surface area contributed by atoms with Crippen molar-refractivity contribution in [3.8, 4) is 0 Å². The largest absolute Gasteiger partial charge is 0.361 e. The molecule has 0 amide bonds. The Hall–Kier alpha value is -1.60. The zero-order chi connectivity index (χ0) is 13.2. The summed E-state index contributed by atoms with van der Waals surface area (Å²) in [7, 11) is 3.97. The molecule has 0 fully saturated rings. The summed E-state index contributed by atoms with van der Waals surface area (Å²) in [5.74, 6) is 0.913. The molecule has 6 nitrogen and oxygen atoms in total. The Bertz CT molecular complexity index is 553. The van der Waals surface area contributed by atoms with Gasteiger partial charge in [-0.2, -0.15) is 13.8 Å². The summed E-state index contributed by atoms with van der Waals surface area (Å²) < 4.78 is 8.31. The van der Waals surface area contributed by atoms with Gasteiger partial charge in [-0.3, -0.25) is 4.90 Å². The summed E-state index contributed by atoms with van der Waals surface area (Å²) >= 11 is 1.26. The minimum atomic E-state index is 0.857. The van der Waals surface area contributed by atoms with Gasteiger partial charge in [-0.25, -0.2) is 0 Å². The van der Waals surface area contributed by atoms with Crippen molar-refractivity contribution in [2.45, 2.75) is 19.5 Å². The van der Waals surface area contributed by atoms with Crippen LogP contribution in [0.1, 0.15) is 17.0 Å². The zero-order valence-corrected chi connectivity index (χ0v) is 11.9. The van der Waals surface area contributed by atoms with Gasteiger partial charge in [0.05, 0.1) is 29.3 Å². The number of hydrogen-bond acceptors (Lipinski definition) is 7. The fourth-order valence-corrected chi connectivity index (χ4v) is 2.64. The molecule has 0 radical (unpaired) electrons. The van der Waals surface area contributed by atoms with E-state index in [9.17, 15) is 0 Å². The fourth-order valence-electron chi connectivity index (χ4n) is 2.21. The van der Waals surface area contributed by atoms with Crippen LogP contribution in [0.5, 0.6) is 0 Å². The molecule has 19 heavy (non-hydrogen) atoms. The third kappa shape index (κ3) is 2.71. The van der Waals surface area contributed by atoms with Gasteiger partial charge in [-0.1, -0.05) is 0 Å². The Morgan fingerprint density at radius 2 is 2.26 bits per heavy atom. The van der Waals surface area contributed by atoms with Crippen LogP contribution in [-0.4, -0.2) is 44.5 Å². The Kier molecular flexibility index (Phi) is 3.39. The monoisotopic (exact) mass is 276 g/mol. The maximum absolute atomic E-state index is 4.33. The predicted octanol–water partition coefficient (Wildman–Crippen LogP) is 0.952. The van der Waals surface area contributed by atoms with E-state index in [0.29, 0.717) is 0 Å². The Morgan fingerprint density at radius 3 is 3.00 bits per heavy atom. The van der Waals surface area contributed by atoms with Gasteiger partial charge >= 0.3 is 0 Å². The average Bonchev–Trinajstić information content (AvgIpc) is 2.90. The number of anilines is 1. The maximum atomic E-state index is 4.33. The minimum absolute atomic E-state index is 0.857. The van der Waals surface area contributed by atoms with Crippen LogP contribution in [-0.2, 0) is 19.5 Å². The van der Waals surface area contributed by atoms with Crippen LogP contribution < -0.4 is 4.90 Å². The molecule has 3 heterocycles. The fraction of sp³-hybridized carbons (Fsp3) is 0.500. The average molecular weight is 276 g/mol. The molecule has 0 bridgehead atoms. The van der Waals surface area contributed by atoms with Gasteiger partial charge in [0.2, 0.25) is 0 Å². The Labute approximate surface area is 116 Å². The molecule has 0 aliphatic carbocycles. The summed E-state index contributed by atoms with van der Waals surface area (Å²) in [6.45, 7) is 2.76. The number of rotatable bonds is 3. The third-order valence-corrected chi connectivity index (χ3v) is 3.77. The van der Waals surface area contributed by atoms with E-state index in [0.717, 1.165) is 43.3 Å². The van der Waals surface area contributed by atoms with Crippen LogP contribution in [0.25, 0.3) is 0 Å². The third-order valence-electron chi connectivity index (χ3n) is 3.26. The number of nitrogens with zero attached hydrogens (tertiary/aromatic N) is 6. The SMILES string of the molecule is CN(C)c1cc2c(nn1)CCN(Cc1cnsn1)C2. The van der Waals surface area contributed by atoms with Crippen LogP contribution in [0.15, 0.2) is 12.3 Å². The van der Waals surface area contributed by atoms with E-state index < -0.39 is 0 Å². The van der Waals surface area contributed by atoms with Crippen molar-refractivity contribution in [3.63, 3.8) is 0 Å². The predicted molar refractivity (Wildman–Crippen MR) is 74.1 cm³/mol. The van der Waals surface area contributed by atoms with Gasteiger partial charge in [-0.05, 0) is 11.6 Å². The normalized spacial score (nSPS) is 15.3. The molecule has 7 heteroatoms. The highest BCUT2D eigenvalue weighted by molar-refractivity contribution is 6.99. The first kappa shape index (κ1) is 12.4. The van der Waals surface area contributed by atoms with Gasteiger partial charge in [-0.15, -0.1) is 5.10 Å². The van der Waals surface area contributed by atoms with Gasteiger partial charge < -0.3 is 4.90 Å². The number of aromatic nitrogens is 4. The lowest BCUT2D eigenvalue weighted by atomic mass is 10.1. The van der Waals surface area contributed by atoms with E-state index in [4.69, 9.17) is 0 Å². The molecule has 3 rings (SSSR count). The van der Waals surface area contributed by atoms with E-state index in [-0.39, 0.29) is 0 Å². The zero-order valence-electron chi connectivity index (χ0n) is 11.1. The molecule has 100 valence electrons. The molecule has 1 aliphatic heterocycles. The Morgan fingerprint density at radius 1 is 1.37 bits per heavy atom. The molecule has 0 N–H and O–H groups in total. The first-order chi connectivity index (χ1) is 9.22. The smallest absolute Gasteiger partial charge is 0.151 e. The highest BCUT2D eigenvalue weighted by Crippen LogP contribution is 2.20. The molecule has 0 unspecified atom stereocenters. The van der Waals surface area contributed by atoms with Crippen LogP contribution in [0.3, 0.4) is 0 Å². The maximum Gasteiger partial charge on any atom is 0.151 e. The van der Waals surface area contributed by atoms with Crippen LogP contribution in [0, 0.1) is 0 Å². The van der Waals surface area contributed by atoms with Crippen molar-refractivity contribution >= 4 is 17.5 Å². The van der Waals surface area contributed by atoms with Crippen molar-refractivity contribution in [1.29, 1.82) is 0 Å². The van der Waals surface area contributed by atoms with Crippen LogP contribution in [0.4, 0.5) is 5.82 Å². The molecule has 0 saturated heterocycles. The highest BCUT2D eigenvalue weighted by Gasteiger charge is 2.19. The topological polar surface area (TPSA) is 58.0 Å². The molecule has 0 aromatic carbocycles. The second-order valence-corrected chi connectivity index (χ2v) is 5.49. The minimum Gasteiger partial charge on any atom is -0.361 e. The van der Waals surface area contributed by atoms with E-state index >= 15 is 0 Å². The summed E-state index contributed by atoms with van der Waals surface area (Å²) in [6.07, 6.45) is 2.80. The van der Waals surface area contributed by atoms with E-state index in [2.05, 4.69) is 29.9 Å². The van der Waals surface area contributed by atoms with Gasteiger partial charge in [0.25, 0.3) is 0 Å². The standard InChI is InChI=1S/C12H16N6S/c1-17(2)12-5-9-7-18(4-3-11(9)14-15-12)8-10-6-13-19-16-10/h5-6H,3-4,7-8H2,1-2H3. The van der Waals surface area contributed by atoms with Crippen molar-refractivity contribution in [2.75, 3.05) is 25.5 Å². The molecular weight excluding hydrogens is 260 g/mol. The summed E-state index contributed by atoms with van der Waals surface area (Å²) in [6, 6.07) is 2.13. The number of hydrogen-bond donors (Lipinski definition) is 0. The highest BCUT2D eigenvalue weighted by atomic mass is 32.1. The first-order valence-corrected chi connectivity index (χ1v) is 6.97. The van der Waals surface area contributed by atoms with Crippen LogP contribution in [0.2, 0.25) is 0 Å². The van der Waals surface area contributed by atoms with E-state index in [1.165, 1.54) is 17.3 Å². The lowest BCUT2D eigenvalue weighted by Crippen LogP contribution is -2.31. The van der Waals surface area contributed by atoms with Crippen molar-refractivity contribution in [3.05, 3.63) is 29.2 Å². The molecule has 0 spiro atoms. The van der Waals surface area contributed by atoms with Gasteiger partial charge in [0, 0.05) is 40.2 Å². The molecule has 0 atom stereocenters. The van der Waals surface area contributed by atoms with Gasteiger partial charge in [0.15, 0.2) is 5.82 Å². The molecular formula is C12H16N6S. The first-order valence-electron chi connectivity index (χ1n) is 6.24. The van der Waals surface area contributed by atoms with Crippen molar-refractivity contribution in [2.24, 2.45) is 0 Å². The van der Waals surface area contributed by atoms with Crippen molar-refractivity contribution in [1.82, 2.24) is 23.8 Å². The lowest BCUT2D eigenvalue weighted by Gasteiger charge is -2.27. The second-order valence-electron chi connectivity index (χ2n) is 4.93. The second kappa shape index (κ2) is 5.18. The Balaban J connectivity index is 1.76. The molecule has 1 aliphatic rings. The van der Waals surface area contributed by atoms with E-state index in [1.54, 1.807) is 0 Å². The van der Waals surface area contributed by atoms with E-state index in [1.807, 2.05) is 25.2 Å². The molecule has 2 aromatic heterocycles. The van der Waals surface area contributed by atoms with Crippen LogP contribution >= 0.6 is 11.7 Å². The lowest BCUT2D eigenvalue weighted by molar-refractivity contribution is 0.240. The van der Waals surface area contributed by atoms with Gasteiger partial charge in [0.1, 0.15) is 0 Å². The summed E-state index contributed by atoms with van der Waals surface area (Å²) in [5, 5.41) is 8.56. The number of fused-ring (bicyclic) bond motifs is 1. The summed E-state index contributed by atoms with van der Waals surface area (Å²) in [4.78, 5) is 4.36. The van der Waals surface area contributed by atoms with Crippen molar-refractivity contribution < 1.29 is 0 Å². The molecule has 0 saturated carbocycles. The quantitative estimate of drug-likeness (QED) is 0.832. The molecule has 2 aromatic rings.